The van der Waals surface area contributed by atoms with Crippen molar-refractivity contribution in [1.82, 2.24) is 0 Å². The zero-order valence-corrected chi connectivity index (χ0v) is 8.25. The van der Waals surface area contributed by atoms with Crippen LogP contribution in [0.1, 0.15) is 32.6 Å². The summed E-state index contributed by atoms with van der Waals surface area (Å²) in [7, 11) is 0. The van der Waals surface area contributed by atoms with Crippen LogP contribution in [-0.2, 0) is 14.3 Å². The van der Waals surface area contributed by atoms with Crippen molar-refractivity contribution in [2.75, 3.05) is 19.8 Å². The quantitative estimate of drug-likeness (QED) is 0.625. The molecule has 0 amide bonds. The van der Waals surface area contributed by atoms with Crippen molar-refractivity contribution < 1.29 is 14.3 Å². The Labute approximate surface area is 79.4 Å². The van der Waals surface area contributed by atoms with E-state index in [4.69, 9.17) is 9.47 Å². The molecular formula is C10H18O3. The summed E-state index contributed by atoms with van der Waals surface area (Å²) in [4.78, 5) is 10.5. The molecule has 1 aliphatic rings. The van der Waals surface area contributed by atoms with Crippen molar-refractivity contribution in [3.8, 4) is 0 Å². The fourth-order valence-electron chi connectivity index (χ4n) is 1.85. The first-order valence-corrected chi connectivity index (χ1v) is 4.98. The number of carbonyl (C=O) groups is 1. The van der Waals surface area contributed by atoms with Gasteiger partial charge < -0.3 is 14.3 Å². The van der Waals surface area contributed by atoms with Crippen LogP contribution in [0.3, 0.4) is 0 Å². The SMILES string of the molecule is CCOC1(CC=O)CCCOCC1. The second-order valence-electron chi connectivity index (χ2n) is 3.45. The van der Waals surface area contributed by atoms with Gasteiger partial charge in [-0.25, -0.2) is 0 Å². The molecule has 13 heavy (non-hydrogen) atoms. The molecule has 1 rings (SSSR count). The number of ether oxygens (including phenoxy) is 2. The van der Waals surface area contributed by atoms with Crippen molar-refractivity contribution >= 4 is 6.29 Å². The third kappa shape index (κ3) is 3.08. The van der Waals surface area contributed by atoms with Crippen LogP contribution in [0.5, 0.6) is 0 Å². The summed E-state index contributed by atoms with van der Waals surface area (Å²) in [6.45, 7) is 4.16. The molecule has 3 nitrogen and oxygen atoms in total. The maximum Gasteiger partial charge on any atom is 0.122 e. The first-order chi connectivity index (χ1) is 6.33. The lowest BCUT2D eigenvalue weighted by atomic mass is 9.91. The molecule has 0 aromatic carbocycles. The van der Waals surface area contributed by atoms with Gasteiger partial charge in [0.25, 0.3) is 0 Å². The molecule has 0 aromatic rings. The van der Waals surface area contributed by atoms with Gasteiger partial charge in [0.2, 0.25) is 0 Å². The monoisotopic (exact) mass is 186 g/mol. The second kappa shape index (κ2) is 5.35. The molecule has 3 heteroatoms. The summed E-state index contributed by atoms with van der Waals surface area (Å²) in [5.74, 6) is 0. The summed E-state index contributed by atoms with van der Waals surface area (Å²) in [5, 5.41) is 0. The minimum atomic E-state index is -0.229. The van der Waals surface area contributed by atoms with Gasteiger partial charge in [-0.05, 0) is 19.8 Å². The Balaban J connectivity index is 2.55. The van der Waals surface area contributed by atoms with Crippen molar-refractivity contribution in [2.24, 2.45) is 0 Å². The Kier molecular flexibility index (Phi) is 4.39. The molecule has 1 fully saturated rings. The highest BCUT2D eigenvalue weighted by atomic mass is 16.5. The van der Waals surface area contributed by atoms with E-state index < -0.39 is 0 Å². The topological polar surface area (TPSA) is 35.5 Å². The van der Waals surface area contributed by atoms with Crippen LogP contribution in [-0.4, -0.2) is 31.7 Å². The lowest BCUT2D eigenvalue weighted by Gasteiger charge is -2.30. The van der Waals surface area contributed by atoms with Crippen LogP contribution in [0.2, 0.25) is 0 Å². The van der Waals surface area contributed by atoms with E-state index in [1.807, 2.05) is 6.92 Å². The van der Waals surface area contributed by atoms with Gasteiger partial charge in [-0.2, -0.15) is 0 Å². The maximum atomic E-state index is 10.5. The van der Waals surface area contributed by atoms with E-state index in [2.05, 4.69) is 0 Å². The molecule has 0 radical (unpaired) electrons. The van der Waals surface area contributed by atoms with Gasteiger partial charge in [0, 0.05) is 32.7 Å². The molecule has 0 bridgehead atoms. The first-order valence-electron chi connectivity index (χ1n) is 4.98. The number of hydrogen-bond donors (Lipinski definition) is 0. The Morgan fingerprint density at radius 3 is 3.00 bits per heavy atom. The van der Waals surface area contributed by atoms with Gasteiger partial charge in [-0.15, -0.1) is 0 Å². The molecule has 1 unspecified atom stereocenters. The minimum absolute atomic E-state index is 0.229. The molecule has 1 saturated heterocycles. The zero-order valence-electron chi connectivity index (χ0n) is 8.25. The molecule has 1 heterocycles. The van der Waals surface area contributed by atoms with Crippen LogP contribution in [0.15, 0.2) is 0 Å². The summed E-state index contributed by atoms with van der Waals surface area (Å²) < 4.78 is 11.0. The molecule has 76 valence electrons. The average molecular weight is 186 g/mol. The van der Waals surface area contributed by atoms with E-state index in [1.165, 1.54) is 0 Å². The standard InChI is InChI=1S/C10H18O3/c1-2-13-10(5-7-11)4-3-8-12-9-6-10/h7H,2-6,8-9H2,1H3. The normalized spacial score (nSPS) is 29.6. The Morgan fingerprint density at radius 1 is 1.46 bits per heavy atom. The van der Waals surface area contributed by atoms with E-state index in [1.54, 1.807) is 0 Å². The fraction of sp³-hybridized carbons (Fsp3) is 0.900. The van der Waals surface area contributed by atoms with E-state index in [-0.39, 0.29) is 5.60 Å². The second-order valence-corrected chi connectivity index (χ2v) is 3.45. The fourth-order valence-corrected chi connectivity index (χ4v) is 1.85. The van der Waals surface area contributed by atoms with Crippen LogP contribution < -0.4 is 0 Å². The number of hydrogen-bond acceptors (Lipinski definition) is 3. The summed E-state index contributed by atoms with van der Waals surface area (Å²) >= 11 is 0. The molecular weight excluding hydrogens is 168 g/mol. The Morgan fingerprint density at radius 2 is 2.31 bits per heavy atom. The highest BCUT2D eigenvalue weighted by molar-refractivity contribution is 5.51. The van der Waals surface area contributed by atoms with Gasteiger partial charge in [-0.3, -0.25) is 0 Å². The van der Waals surface area contributed by atoms with Crippen molar-refractivity contribution in [1.29, 1.82) is 0 Å². The lowest BCUT2D eigenvalue weighted by molar-refractivity contribution is -0.117. The average Bonchev–Trinajstić information content (AvgIpc) is 2.32. The molecule has 1 atom stereocenters. The van der Waals surface area contributed by atoms with Crippen LogP contribution in [0, 0.1) is 0 Å². The highest BCUT2D eigenvalue weighted by Gasteiger charge is 2.31. The summed E-state index contributed by atoms with van der Waals surface area (Å²) in [5.41, 5.74) is -0.229. The molecule has 0 aromatic heterocycles. The predicted octanol–water partition coefficient (Wildman–Crippen LogP) is 1.55. The van der Waals surface area contributed by atoms with Gasteiger partial charge in [-0.1, -0.05) is 0 Å². The van der Waals surface area contributed by atoms with Crippen LogP contribution in [0.4, 0.5) is 0 Å². The summed E-state index contributed by atoms with van der Waals surface area (Å²) in [6.07, 6.45) is 4.25. The Bertz CT molecular complexity index is 148. The van der Waals surface area contributed by atoms with Gasteiger partial charge in [0.1, 0.15) is 6.29 Å². The number of carbonyl (C=O) groups excluding carboxylic acids is 1. The van der Waals surface area contributed by atoms with Gasteiger partial charge >= 0.3 is 0 Å². The van der Waals surface area contributed by atoms with Crippen LogP contribution >= 0.6 is 0 Å². The van der Waals surface area contributed by atoms with E-state index in [9.17, 15) is 4.79 Å². The molecule has 1 aliphatic heterocycles. The third-order valence-corrected chi connectivity index (χ3v) is 2.53. The largest absolute Gasteiger partial charge is 0.381 e. The smallest absolute Gasteiger partial charge is 0.122 e. The van der Waals surface area contributed by atoms with E-state index in [0.717, 1.165) is 32.2 Å². The Hall–Kier alpha value is -0.410. The van der Waals surface area contributed by atoms with Crippen molar-refractivity contribution in [3.63, 3.8) is 0 Å². The highest BCUT2D eigenvalue weighted by Crippen LogP contribution is 2.28. The van der Waals surface area contributed by atoms with E-state index in [0.29, 0.717) is 19.6 Å². The maximum absolute atomic E-state index is 10.5. The number of aldehydes is 1. The van der Waals surface area contributed by atoms with Gasteiger partial charge in [0.15, 0.2) is 0 Å². The third-order valence-electron chi connectivity index (χ3n) is 2.53. The van der Waals surface area contributed by atoms with E-state index >= 15 is 0 Å². The summed E-state index contributed by atoms with van der Waals surface area (Å²) in [6, 6.07) is 0. The van der Waals surface area contributed by atoms with Crippen molar-refractivity contribution in [2.45, 2.75) is 38.2 Å². The predicted molar refractivity (Wildman–Crippen MR) is 49.7 cm³/mol. The van der Waals surface area contributed by atoms with Crippen LogP contribution in [0.25, 0.3) is 0 Å². The molecule has 0 aliphatic carbocycles. The molecule has 0 N–H and O–H groups in total. The minimum Gasteiger partial charge on any atom is -0.381 e. The van der Waals surface area contributed by atoms with Gasteiger partial charge in [0.05, 0.1) is 5.60 Å². The molecule has 0 saturated carbocycles. The number of rotatable bonds is 4. The van der Waals surface area contributed by atoms with Crippen molar-refractivity contribution in [3.05, 3.63) is 0 Å². The lowest BCUT2D eigenvalue weighted by Crippen LogP contribution is -2.33. The first kappa shape index (κ1) is 10.7. The molecule has 0 spiro atoms. The zero-order chi connectivity index (χ0) is 9.57.